The monoisotopic (exact) mass is 548 g/mol. The first kappa shape index (κ1) is 26.4. The molecule has 1 N–H and O–H groups in total. The number of anilines is 1. The predicted molar refractivity (Wildman–Crippen MR) is 154 cm³/mol. The second kappa shape index (κ2) is 11.3. The molecule has 1 heterocycles. The van der Waals surface area contributed by atoms with Crippen molar-refractivity contribution >= 4 is 29.0 Å². The quantitative estimate of drug-likeness (QED) is 0.118. The van der Waals surface area contributed by atoms with E-state index in [0.717, 1.165) is 34.6 Å². The summed E-state index contributed by atoms with van der Waals surface area (Å²) in [4.78, 5) is 32.0. The van der Waals surface area contributed by atoms with Gasteiger partial charge in [-0.1, -0.05) is 60.7 Å². The van der Waals surface area contributed by atoms with E-state index >= 15 is 0 Å². The summed E-state index contributed by atoms with van der Waals surface area (Å²) in [5.74, 6) is 0. The molecule has 0 spiro atoms. The Hall–Kier alpha value is -6.17. The summed E-state index contributed by atoms with van der Waals surface area (Å²) in [6.07, 6.45) is 1.50. The Bertz CT molecular complexity index is 1780. The van der Waals surface area contributed by atoms with Crippen molar-refractivity contribution in [1.29, 1.82) is 0 Å². The van der Waals surface area contributed by atoms with Crippen LogP contribution in [0.25, 0.3) is 28.2 Å². The van der Waals surface area contributed by atoms with Gasteiger partial charge in [0.25, 0.3) is 11.4 Å². The molecule has 12 heteroatoms. The zero-order valence-electron chi connectivity index (χ0n) is 21.2. The summed E-state index contributed by atoms with van der Waals surface area (Å²) in [5, 5.41) is 38.1. The van der Waals surface area contributed by atoms with E-state index in [9.17, 15) is 30.3 Å². The lowest BCUT2D eigenvalue weighted by molar-refractivity contribution is -0.393. The number of aromatic nitrogens is 1. The highest BCUT2D eigenvalue weighted by atomic mass is 16.6. The van der Waals surface area contributed by atoms with Crippen LogP contribution in [0, 0.1) is 30.3 Å². The van der Waals surface area contributed by atoms with E-state index < -0.39 is 26.1 Å². The van der Waals surface area contributed by atoms with Gasteiger partial charge in [0, 0.05) is 29.4 Å². The van der Waals surface area contributed by atoms with Gasteiger partial charge < -0.3 is 4.57 Å². The normalized spacial score (nSPS) is 10.9. The fourth-order valence-electron chi connectivity index (χ4n) is 4.38. The van der Waals surface area contributed by atoms with E-state index in [4.69, 9.17) is 0 Å². The van der Waals surface area contributed by atoms with E-state index in [2.05, 4.69) is 10.5 Å². The van der Waals surface area contributed by atoms with Gasteiger partial charge in [-0.2, -0.15) is 5.10 Å². The fourth-order valence-corrected chi connectivity index (χ4v) is 4.38. The number of benzene rings is 4. The molecule has 202 valence electrons. The zero-order valence-corrected chi connectivity index (χ0v) is 21.2. The van der Waals surface area contributed by atoms with Crippen LogP contribution in [0.4, 0.5) is 22.7 Å². The number of nitro groups is 3. The van der Waals surface area contributed by atoms with Crippen molar-refractivity contribution in [1.82, 2.24) is 4.57 Å². The summed E-state index contributed by atoms with van der Waals surface area (Å²) >= 11 is 0. The molecule has 4 aromatic carbocycles. The molecule has 41 heavy (non-hydrogen) atoms. The minimum absolute atomic E-state index is 0.0174. The van der Waals surface area contributed by atoms with Crippen LogP contribution in [0.1, 0.15) is 5.56 Å². The van der Waals surface area contributed by atoms with Crippen LogP contribution in [0.2, 0.25) is 0 Å². The second-order valence-electron chi connectivity index (χ2n) is 8.76. The van der Waals surface area contributed by atoms with Crippen LogP contribution >= 0.6 is 0 Å². The molecule has 0 aliphatic rings. The van der Waals surface area contributed by atoms with Gasteiger partial charge in [0.2, 0.25) is 0 Å². The van der Waals surface area contributed by atoms with Crippen LogP contribution in [-0.4, -0.2) is 25.6 Å². The number of nitrogens with one attached hydrogen (secondary N) is 1. The van der Waals surface area contributed by atoms with Gasteiger partial charge in [-0.15, -0.1) is 0 Å². The average Bonchev–Trinajstić information content (AvgIpc) is 3.37. The zero-order chi connectivity index (χ0) is 28.9. The molecule has 0 fully saturated rings. The maximum absolute atomic E-state index is 11.5. The molecule has 0 amide bonds. The van der Waals surface area contributed by atoms with Crippen molar-refractivity contribution in [2.75, 3.05) is 5.43 Å². The Labute approximate surface area is 232 Å². The molecule has 0 radical (unpaired) electrons. The summed E-state index contributed by atoms with van der Waals surface area (Å²) in [6.45, 7) is 0. The third-order valence-electron chi connectivity index (χ3n) is 6.24. The van der Waals surface area contributed by atoms with E-state index in [1.165, 1.54) is 24.4 Å². The molecule has 0 saturated carbocycles. The number of hydrogen-bond donors (Lipinski definition) is 1. The standard InChI is InChI=1S/C29H20N6O6/c36-33(37)24-13-11-23(12-14-24)32-27(20-7-3-1-4-8-20)17-22(29(32)21-9-5-2-6-10-21)19-30-31-26-16-15-25(34(38)39)18-28(26)35(40)41/h1-19,31H/b30-19+. The third kappa shape index (κ3) is 5.52. The van der Waals surface area contributed by atoms with Gasteiger partial charge in [-0.25, -0.2) is 0 Å². The van der Waals surface area contributed by atoms with Gasteiger partial charge in [0.1, 0.15) is 5.69 Å². The lowest BCUT2D eigenvalue weighted by Crippen LogP contribution is -2.01. The Balaban J connectivity index is 1.66. The van der Waals surface area contributed by atoms with Crippen molar-refractivity contribution in [3.63, 3.8) is 0 Å². The van der Waals surface area contributed by atoms with Crippen molar-refractivity contribution in [2.24, 2.45) is 5.10 Å². The largest absolute Gasteiger partial charge is 0.309 e. The van der Waals surface area contributed by atoms with Gasteiger partial charge in [0.05, 0.1) is 38.4 Å². The first-order valence-corrected chi connectivity index (χ1v) is 12.2. The van der Waals surface area contributed by atoms with Gasteiger partial charge in [-0.05, 0) is 35.4 Å². The Morgan fingerprint density at radius 1 is 0.659 bits per heavy atom. The van der Waals surface area contributed by atoms with Crippen molar-refractivity contribution in [3.05, 3.63) is 145 Å². The fraction of sp³-hybridized carbons (Fsp3) is 0. The summed E-state index contributed by atoms with van der Waals surface area (Å²) in [6, 6.07) is 30.4. The van der Waals surface area contributed by atoms with Crippen LogP contribution in [0.15, 0.2) is 114 Å². The molecular formula is C29H20N6O6. The minimum atomic E-state index is -0.723. The SMILES string of the molecule is O=[N+]([O-])c1ccc(-n2c(-c3ccccc3)cc(/C=N/Nc3ccc([N+](=O)[O-])cc3[N+](=O)[O-])c2-c2ccccc2)cc1. The molecule has 0 aliphatic carbocycles. The Morgan fingerprint density at radius 3 is 1.83 bits per heavy atom. The molecule has 0 aliphatic heterocycles. The van der Waals surface area contributed by atoms with E-state index in [-0.39, 0.29) is 11.4 Å². The van der Waals surface area contributed by atoms with E-state index in [1.54, 1.807) is 12.1 Å². The van der Waals surface area contributed by atoms with Crippen LogP contribution in [-0.2, 0) is 0 Å². The van der Waals surface area contributed by atoms with Crippen LogP contribution < -0.4 is 5.43 Å². The lowest BCUT2D eigenvalue weighted by Gasteiger charge is -2.15. The molecule has 0 atom stereocenters. The van der Waals surface area contributed by atoms with Crippen LogP contribution in [0.5, 0.6) is 0 Å². The van der Waals surface area contributed by atoms with Gasteiger partial charge in [-0.3, -0.25) is 35.8 Å². The molecule has 1 aromatic heterocycles. The molecule has 5 aromatic rings. The van der Waals surface area contributed by atoms with Crippen LogP contribution in [0.3, 0.4) is 0 Å². The highest BCUT2D eigenvalue weighted by molar-refractivity contribution is 5.94. The van der Waals surface area contributed by atoms with Crippen molar-refractivity contribution in [2.45, 2.75) is 0 Å². The highest BCUT2D eigenvalue weighted by Crippen LogP contribution is 2.36. The number of non-ortho nitro benzene ring substituents is 2. The minimum Gasteiger partial charge on any atom is -0.309 e. The molecule has 0 saturated heterocycles. The Kier molecular flexibility index (Phi) is 7.28. The molecule has 5 rings (SSSR count). The first-order valence-electron chi connectivity index (χ1n) is 12.2. The summed E-state index contributed by atoms with van der Waals surface area (Å²) in [5.41, 5.74) is 6.20. The lowest BCUT2D eigenvalue weighted by atomic mass is 10.1. The van der Waals surface area contributed by atoms with Crippen molar-refractivity contribution in [3.8, 4) is 28.2 Å². The average molecular weight is 549 g/mol. The second-order valence-corrected chi connectivity index (χ2v) is 8.76. The highest BCUT2D eigenvalue weighted by Gasteiger charge is 2.21. The van der Waals surface area contributed by atoms with Gasteiger partial charge in [0.15, 0.2) is 0 Å². The molecule has 12 nitrogen and oxygen atoms in total. The molecule has 0 unspecified atom stereocenters. The van der Waals surface area contributed by atoms with E-state index in [0.29, 0.717) is 11.3 Å². The molecular weight excluding hydrogens is 528 g/mol. The number of nitrogens with zero attached hydrogens (tertiary/aromatic N) is 5. The topological polar surface area (TPSA) is 159 Å². The number of hydrogen-bond acceptors (Lipinski definition) is 8. The number of hydrazone groups is 1. The smallest absolute Gasteiger partial charge is 0.301 e. The summed E-state index contributed by atoms with van der Waals surface area (Å²) in [7, 11) is 0. The maximum atomic E-state index is 11.5. The maximum Gasteiger partial charge on any atom is 0.301 e. The Morgan fingerprint density at radius 2 is 1.24 bits per heavy atom. The molecule has 0 bridgehead atoms. The number of nitro benzene ring substituents is 3. The third-order valence-corrected chi connectivity index (χ3v) is 6.24. The predicted octanol–water partition coefficient (Wildman–Crippen LogP) is 6.98. The first-order chi connectivity index (χ1) is 19.8. The number of rotatable bonds is 9. The van der Waals surface area contributed by atoms with E-state index in [1.807, 2.05) is 71.3 Å². The van der Waals surface area contributed by atoms with Gasteiger partial charge >= 0.3 is 5.69 Å². The van der Waals surface area contributed by atoms with Crippen molar-refractivity contribution < 1.29 is 14.8 Å². The summed E-state index contributed by atoms with van der Waals surface area (Å²) < 4.78 is 1.96.